The highest BCUT2D eigenvalue weighted by Gasteiger charge is 2.35. The molecular formula is C13H20N4. The maximum Gasteiger partial charge on any atom is 0.153 e. The van der Waals surface area contributed by atoms with Gasteiger partial charge in [-0.1, -0.05) is 12.8 Å². The van der Waals surface area contributed by atoms with E-state index in [1.165, 1.54) is 49.9 Å². The van der Waals surface area contributed by atoms with E-state index < -0.39 is 0 Å². The number of aromatic nitrogens is 2. The van der Waals surface area contributed by atoms with Crippen LogP contribution in [0.25, 0.3) is 0 Å². The van der Waals surface area contributed by atoms with E-state index in [2.05, 4.69) is 15.3 Å². The summed E-state index contributed by atoms with van der Waals surface area (Å²) in [6, 6.07) is 0.660. The Hall–Kier alpha value is -1.19. The molecule has 0 saturated heterocycles. The summed E-state index contributed by atoms with van der Waals surface area (Å²) in [5.74, 6) is 3.26. The number of nitrogens with zero attached hydrogens (tertiary/aromatic N) is 2. The van der Waals surface area contributed by atoms with Gasteiger partial charge in [0, 0.05) is 18.7 Å². The number of anilines is 2. The minimum absolute atomic E-state index is 0.660. The van der Waals surface area contributed by atoms with Gasteiger partial charge >= 0.3 is 0 Å². The molecule has 1 saturated carbocycles. The summed E-state index contributed by atoms with van der Waals surface area (Å²) in [6.07, 6.45) is 7.88. The third kappa shape index (κ3) is 1.39. The lowest BCUT2D eigenvalue weighted by Crippen LogP contribution is -2.35. The summed E-state index contributed by atoms with van der Waals surface area (Å²) in [4.78, 5) is 0. The Bertz CT molecular complexity index is 437. The highest BCUT2D eigenvalue weighted by Crippen LogP contribution is 2.42. The summed E-state index contributed by atoms with van der Waals surface area (Å²) in [7, 11) is 0. The summed E-state index contributed by atoms with van der Waals surface area (Å²) in [5.41, 5.74) is 1.43. The van der Waals surface area contributed by atoms with Crippen LogP contribution >= 0.6 is 0 Å². The van der Waals surface area contributed by atoms with Gasteiger partial charge in [0.15, 0.2) is 5.82 Å². The molecule has 0 radical (unpaired) electrons. The standard InChI is InChI=1S/C13H20N4/c1-2-6-11-9(4-1)8-15-13-10-5-3-7-14-12(10)16-17(11)13/h9,11,15H,1-8H2,(H,14,16). The molecule has 0 aromatic carbocycles. The van der Waals surface area contributed by atoms with Gasteiger partial charge in [0.05, 0.1) is 6.04 Å². The Morgan fingerprint density at radius 2 is 2.06 bits per heavy atom. The highest BCUT2D eigenvalue weighted by molar-refractivity contribution is 5.61. The molecule has 3 aliphatic rings. The molecule has 0 spiro atoms. The Labute approximate surface area is 102 Å². The molecule has 4 nitrogen and oxygen atoms in total. The van der Waals surface area contributed by atoms with Crippen molar-refractivity contribution in [2.75, 3.05) is 23.7 Å². The van der Waals surface area contributed by atoms with E-state index in [4.69, 9.17) is 5.10 Å². The molecule has 2 N–H and O–H groups in total. The Morgan fingerprint density at radius 3 is 3.06 bits per heavy atom. The van der Waals surface area contributed by atoms with E-state index in [1.807, 2.05) is 0 Å². The molecule has 0 amide bonds. The first-order valence-electron chi connectivity index (χ1n) is 7.02. The van der Waals surface area contributed by atoms with Crippen LogP contribution in [0.4, 0.5) is 11.6 Å². The maximum absolute atomic E-state index is 4.82. The lowest BCUT2D eigenvalue weighted by Gasteiger charge is -2.37. The Balaban J connectivity index is 1.77. The number of hydrogen-bond acceptors (Lipinski definition) is 3. The van der Waals surface area contributed by atoms with E-state index in [9.17, 15) is 0 Å². The monoisotopic (exact) mass is 232 g/mol. The molecule has 1 aromatic rings. The lowest BCUT2D eigenvalue weighted by atomic mass is 9.83. The van der Waals surface area contributed by atoms with Crippen LogP contribution in [0, 0.1) is 5.92 Å². The molecule has 4 rings (SSSR count). The van der Waals surface area contributed by atoms with Crippen molar-refractivity contribution in [2.45, 2.75) is 44.6 Å². The zero-order valence-electron chi connectivity index (χ0n) is 10.2. The zero-order chi connectivity index (χ0) is 11.2. The van der Waals surface area contributed by atoms with Crippen molar-refractivity contribution in [2.24, 2.45) is 5.92 Å². The van der Waals surface area contributed by atoms with Gasteiger partial charge < -0.3 is 10.6 Å². The van der Waals surface area contributed by atoms with Crippen molar-refractivity contribution in [3.05, 3.63) is 5.56 Å². The van der Waals surface area contributed by atoms with Crippen LogP contribution in [0.1, 0.15) is 43.7 Å². The van der Waals surface area contributed by atoms with E-state index in [0.717, 1.165) is 24.8 Å². The highest BCUT2D eigenvalue weighted by atomic mass is 15.4. The van der Waals surface area contributed by atoms with Gasteiger partial charge in [0.1, 0.15) is 5.82 Å². The second-order valence-corrected chi connectivity index (χ2v) is 5.64. The van der Waals surface area contributed by atoms with Crippen LogP contribution in [0.5, 0.6) is 0 Å². The van der Waals surface area contributed by atoms with Gasteiger partial charge in [-0.15, -0.1) is 0 Å². The van der Waals surface area contributed by atoms with Crippen molar-refractivity contribution >= 4 is 11.6 Å². The van der Waals surface area contributed by atoms with Gasteiger partial charge in [-0.3, -0.25) is 0 Å². The zero-order valence-corrected chi connectivity index (χ0v) is 10.2. The molecule has 2 unspecified atom stereocenters. The first-order chi connectivity index (χ1) is 8.43. The largest absolute Gasteiger partial charge is 0.370 e. The molecule has 2 aliphatic heterocycles. The second kappa shape index (κ2) is 3.65. The third-order valence-electron chi connectivity index (χ3n) is 4.62. The second-order valence-electron chi connectivity index (χ2n) is 5.64. The van der Waals surface area contributed by atoms with Crippen LogP contribution in [-0.2, 0) is 6.42 Å². The van der Waals surface area contributed by atoms with Crippen LogP contribution < -0.4 is 10.6 Å². The SMILES string of the molecule is C1CNc2nn3c(c2C1)NCC1CCCCC13. The van der Waals surface area contributed by atoms with E-state index in [1.54, 1.807) is 0 Å². The molecule has 2 atom stereocenters. The summed E-state index contributed by atoms with van der Waals surface area (Å²) < 4.78 is 2.30. The van der Waals surface area contributed by atoms with Crippen LogP contribution in [-0.4, -0.2) is 22.9 Å². The summed E-state index contributed by atoms with van der Waals surface area (Å²) in [5, 5.41) is 11.9. The average molecular weight is 232 g/mol. The Kier molecular flexibility index (Phi) is 2.11. The summed E-state index contributed by atoms with van der Waals surface area (Å²) in [6.45, 7) is 2.24. The fourth-order valence-corrected chi connectivity index (χ4v) is 3.72. The normalized spacial score (nSPS) is 30.6. The number of nitrogens with one attached hydrogen (secondary N) is 2. The molecule has 92 valence electrons. The third-order valence-corrected chi connectivity index (χ3v) is 4.62. The number of fused-ring (bicyclic) bond motifs is 5. The molecule has 3 heterocycles. The van der Waals surface area contributed by atoms with E-state index in [0.29, 0.717) is 6.04 Å². The van der Waals surface area contributed by atoms with Gasteiger partial charge in [-0.25, -0.2) is 4.68 Å². The van der Waals surface area contributed by atoms with Gasteiger partial charge in [0.25, 0.3) is 0 Å². The quantitative estimate of drug-likeness (QED) is 0.721. The van der Waals surface area contributed by atoms with E-state index >= 15 is 0 Å². The predicted octanol–water partition coefficient (Wildman–Crippen LogP) is 2.40. The van der Waals surface area contributed by atoms with Crippen molar-refractivity contribution < 1.29 is 0 Å². The molecule has 1 fully saturated rings. The van der Waals surface area contributed by atoms with Gasteiger partial charge in [-0.05, 0) is 31.6 Å². The topological polar surface area (TPSA) is 41.9 Å². The number of hydrogen-bond donors (Lipinski definition) is 2. The molecule has 17 heavy (non-hydrogen) atoms. The Morgan fingerprint density at radius 1 is 1.12 bits per heavy atom. The van der Waals surface area contributed by atoms with Crippen LogP contribution in [0.2, 0.25) is 0 Å². The van der Waals surface area contributed by atoms with Crippen molar-refractivity contribution in [3.63, 3.8) is 0 Å². The molecule has 1 aromatic heterocycles. The van der Waals surface area contributed by atoms with Gasteiger partial charge in [-0.2, -0.15) is 5.10 Å². The van der Waals surface area contributed by atoms with Crippen molar-refractivity contribution in [1.82, 2.24) is 9.78 Å². The molecule has 0 bridgehead atoms. The fourth-order valence-electron chi connectivity index (χ4n) is 3.72. The predicted molar refractivity (Wildman–Crippen MR) is 68.5 cm³/mol. The smallest absolute Gasteiger partial charge is 0.153 e. The fraction of sp³-hybridized carbons (Fsp3) is 0.769. The lowest BCUT2D eigenvalue weighted by molar-refractivity contribution is 0.223. The minimum Gasteiger partial charge on any atom is -0.370 e. The van der Waals surface area contributed by atoms with E-state index in [-0.39, 0.29) is 0 Å². The van der Waals surface area contributed by atoms with Crippen molar-refractivity contribution in [1.29, 1.82) is 0 Å². The van der Waals surface area contributed by atoms with Crippen molar-refractivity contribution in [3.8, 4) is 0 Å². The molecule has 4 heteroatoms. The van der Waals surface area contributed by atoms with Gasteiger partial charge in [0.2, 0.25) is 0 Å². The number of rotatable bonds is 0. The molecular weight excluding hydrogens is 212 g/mol. The van der Waals surface area contributed by atoms with Crippen LogP contribution in [0.15, 0.2) is 0 Å². The molecule has 1 aliphatic carbocycles. The summed E-state index contributed by atoms with van der Waals surface area (Å²) >= 11 is 0. The average Bonchev–Trinajstić information content (AvgIpc) is 2.78. The minimum atomic E-state index is 0.660. The first-order valence-corrected chi connectivity index (χ1v) is 7.02. The maximum atomic E-state index is 4.82. The van der Waals surface area contributed by atoms with Crippen LogP contribution in [0.3, 0.4) is 0 Å². The first kappa shape index (κ1) is 9.80.